The Kier molecular flexibility index (Phi) is 4.52. The molecule has 1 unspecified atom stereocenters. The normalized spacial score (nSPS) is 12.5. The molecule has 0 saturated heterocycles. The number of rotatable bonds is 3. The third-order valence-corrected chi connectivity index (χ3v) is 3.80. The van der Waals surface area contributed by atoms with E-state index >= 15 is 0 Å². The average Bonchev–Trinajstić information content (AvgIpc) is 2.38. The largest absolute Gasteiger partial charge is 0.309 e. The minimum Gasteiger partial charge on any atom is -0.309 e. The summed E-state index contributed by atoms with van der Waals surface area (Å²) in [5.41, 5.74) is 1.55. The van der Waals surface area contributed by atoms with Crippen LogP contribution >= 0.6 is 22.6 Å². The molecule has 0 saturated carbocycles. The highest BCUT2D eigenvalue weighted by Gasteiger charge is 2.18. The molecule has 0 bridgehead atoms. The maximum absolute atomic E-state index is 14.0. The van der Waals surface area contributed by atoms with E-state index in [1.807, 2.05) is 24.3 Å². The Morgan fingerprint density at radius 3 is 2.26 bits per heavy atom. The van der Waals surface area contributed by atoms with E-state index in [-0.39, 0.29) is 11.9 Å². The molecule has 0 spiro atoms. The zero-order valence-electron chi connectivity index (χ0n) is 10.7. The van der Waals surface area contributed by atoms with Crippen molar-refractivity contribution in [2.24, 2.45) is 0 Å². The molecule has 0 fully saturated rings. The van der Waals surface area contributed by atoms with Gasteiger partial charge in [-0.1, -0.05) is 12.1 Å². The summed E-state index contributed by atoms with van der Waals surface area (Å²) in [5.74, 6) is -0.779. The molecule has 0 amide bonds. The number of hydrogen-bond donors (Lipinski definition) is 1. The van der Waals surface area contributed by atoms with Gasteiger partial charge in [-0.15, -0.1) is 0 Å². The van der Waals surface area contributed by atoms with E-state index in [1.54, 1.807) is 14.0 Å². The summed E-state index contributed by atoms with van der Waals surface area (Å²) >= 11 is 2.21. The van der Waals surface area contributed by atoms with Gasteiger partial charge in [0, 0.05) is 9.13 Å². The molecular weight excluding hydrogens is 359 g/mol. The van der Waals surface area contributed by atoms with Crippen molar-refractivity contribution in [2.75, 3.05) is 7.05 Å². The summed E-state index contributed by atoms with van der Waals surface area (Å²) in [7, 11) is 1.74. The van der Waals surface area contributed by atoms with E-state index in [1.165, 1.54) is 12.1 Å². The molecule has 0 heterocycles. The van der Waals surface area contributed by atoms with Crippen molar-refractivity contribution in [1.82, 2.24) is 5.32 Å². The quantitative estimate of drug-likeness (QED) is 0.796. The number of nitrogens with one attached hydrogen (secondary N) is 1. The van der Waals surface area contributed by atoms with Crippen molar-refractivity contribution in [3.05, 3.63) is 68.3 Å². The highest BCUT2D eigenvalue weighted by Crippen LogP contribution is 2.26. The number of benzene rings is 2. The van der Waals surface area contributed by atoms with Crippen LogP contribution in [0.25, 0.3) is 0 Å². The molecule has 100 valence electrons. The third kappa shape index (κ3) is 3.12. The lowest BCUT2D eigenvalue weighted by atomic mass is 9.97. The first-order valence-corrected chi connectivity index (χ1v) is 6.99. The smallest absolute Gasteiger partial charge is 0.128 e. The van der Waals surface area contributed by atoms with Crippen molar-refractivity contribution >= 4 is 22.6 Å². The number of halogens is 3. The summed E-state index contributed by atoms with van der Waals surface area (Å²) in [6, 6.07) is 9.88. The van der Waals surface area contributed by atoms with Gasteiger partial charge in [-0.3, -0.25) is 0 Å². The fourth-order valence-electron chi connectivity index (χ4n) is 2.04. The summed E-state index contributed by atoms with van der Waals surface area (Å²) in [6.45, 7) is 1.56. The van der Waals surface area contributed by atoms with Gasteiger partial charge in [0.15, 0.2) is 0 Å². The molecule has 19 heavy (non-hydrogen) atoms. The second-order valence-electron chi connectivity index (χ2n) is 4.40. The Bertz CT molecular complexity index is 581. The van der Waals surface area contributed by atoms with E-state index in [0.717, 1.165) is 9.13 Å². The summed E-state index contributed by atoms with van der Waals surface area (Å²) in [6.07, 6.45) is 0. The van der Waals surface area contributed by atoms with Crippen LogP contribution in [0.4, 0.5) is 8.78 Å². The Morgan fingerprint density at radius 1 is 1.05 bits per heavy atom. The molecule has 0 aliphatic rings. The maximum Gasteiger partial charge on any atom is 0.128 e. The van der Waals surface area contributed by atoms with E-state index in [2.05, 4.69) is 27.9 Å². The van der Waals surface area contributed by atoms with Crippen LogP contribution in [0.5, 0.6) is 0 Å². The van der Waals surface area contributed by atoms with Crippen molar-refractivity contribution in [2.45, 2.75) is 13.0 Å². The van der Waals surface area contributed by atoms with Gasteiger partial charge in [-0.2, -0.15) is 0 Å². The Hall–Kier alpha value is -1.01. The van der Waals surface area contributed by atoms with Gasteiger partial charge < -0.3 is 5.32 Å². The maximum atomic E-state index is 14.0. The van der Waals surface area contributed by atoms with Crippen LogP contribution < -0.4 is 5.32 Å². The molecule has 4 heteroatoms. The third-order valence-electron chi connectivity index (χ3n) is 3.08. The standard InChI is InChI=1S/C15H14F2IN/c1-9-7-14(17)12(8-13(9)16)15(19-2)10-3-5-11(18)6-4-10/h3-8,15,19H,1-2H3. The zero-order chi connectivity index (χ0) is 14.0. The minimum absolute atomic E-state index is 0.318. The van der Waals surface area contributed by atoms with E-state index in [9.17, 15) is 8.78 Å². The van der Waals surface area contributed by atoms with Crippen LogP contribution in [0.15, 0.2) is 36.4 Å². The van der Waals surface area contributed by atoms with E-state index in [4.69, 9.17) is 0 Å². The van der Waals surface area contributed by atoms with Crippen LogP contribution in [0, 0.1) is 22.1 Å². The fourth-order valence-corrected chi connectivity index (χ4v) is 2.40. The number of hydrogen-bond acceptors (Lipinski definition) is 1. The zero-order valence-corrected chi connectivity index (χ0v) is 12.8. The van der Waals surface area contributed by atoms with Crippen molar-refractivity contribution < 1.29 is 8.78 Å². The summed E-state index contributed by atoms with van der Waals surface area (Å²) in [5, 5.41) is 3.03. The first-order chi connectivity index (χ1) is 9.02. The first kappa shape index (κ1) is 14.4. The topological polar surface area (TPSA) is 12.0 Å². The van der Waals surface area contributed by atoms with Gasteiger partial charge in [-0.25, -0.2) is 8.78 Å². The molecule has 1 nitrogen and oxygen atoms in total. The van der Waals surface area contributed by atoms with Crippen LogP contribution in [0.3, 0.4) is 0 Å². The average molecular weight is 373 g/mol. The Labute approximate surface area is 125 Å². The molecular formula is C15H14F2IN. The van der Waals surface area contributed by atoms with E-state index in [0.29, 0.717) is 11.1 Å². The van der Waals surface area contributed by atoms with Crippen LogP contribution in [0.2, 0.25) is 0 Å². The lowest BCUT2D eigenvalue weighted by molar-refractivity contribution is 0.553. The fraction of sp³-hybridized carbons (Fsp3) is 0.200. The van der Waals surface area contributed by atoms with Crippen LogP contribution in [-0.4, -0.2) is 7.05 Å². The Morgan fingerprint density at radius 2 is 1.68 bits per heavy atom. The highest BCUT2D eigenvalue weighted by atomic mass is 127. The van der Waals surface area contributed by atoms with Gasteiger partial charge in [0.25, 0.3) is 0 Å². The molecule has 1 N–H and O–H groups in total. The van der Waals surface area contributed by atoms with E-state index < -0.39 is 5.82 Å². The second-order valence-corrected chi connectivity index (χ2v) is 5.64. The number of aryl methyl sites for hydroxylation is 1. The van der Waals surface area contributed by atoms with Crippen LogP contribution in [-0.2, 0) is 0 Å². The molecule has 2 aromatic carbocycles. The molecule has 0 radical (unpaired) electrons. The second kappa shape index (κ2) is 5.96. The molecule has 2 rings (SSSR count). The summed E-state index contributed by atoms with van der Waals surface area (Å²) in [4.78, 5) is 0. The molecule has 1 atom stereocenters. The van der Waals surface area contributed by atoms with Gasteiger partial charge >= 0.3 is 0 Å². The highest BCUT2D eigenvalue weighted by molar-refractivity contribution is 14.1. The molecule has 2 aromatic rings. The van der Waals surface area contributed by atoms with Gasteiger partial charge in [0.05, 0.1) is 6.04 Å². The lowest BCUT2D eigenvalue weighted by Crippen LogP contribution is -2.19. The molecule has 0 aromatic heterocycles. The monoisotopic (exact) mass is 373 g/mol. The Balaban J connectivity index is 2.47. The lowest BCUT2D eigenvalue weighted by Gasteiger charge is -2.18. The predicted octanol–water partition coefficient (Wildman–Crippen LogP) is 4.19. The molecule has 0 aliphatic carbocycles. The minimum atomic E-state index is -0.392. The van der Waals surface area contributed by atoms with Crippen molar-refractivity contribution in [3.63, 3.8) is 0 Å². The van der Waals surface area contributed by atoms with Gasteiger partial charge in [-0.05, 0) is 72.0 Å². The van der Waals surface area contributed by atoms with Crippen molar-refractivity contribution in [1.29, 1.82) is 0 Å². The SMILES string of the molecule is CNC(c1ccc(I)cc1)c1cc(F)c(C)cc1F. The molecule has 0 aliphatic heterocycles. The van der Waals surface area contributed by atoms with Crippen molar-refractivity contribution in [3.8, 4) is 0 Å². The summed E-state index contributed by atoms with van der Waals surface area (Å²) < 4.78 is 28.8. The predicted molar refractivity (Wildman–Crippen MR) is 81.2 cm³/mol. The van der Waals surface area contributed by atoms with Gasteiger partial charge in [0.2, 0.25) is 0 Å². The first-order valence-electron chi connectivity index (χ1n) is 5.91. The van der Waals surface area contributed by atoms with Crippen LogP contribution in [0.1, 0.15) is 22.7 Å². The van der Waals surface area contributed by atoms with Gasteiger partial charge in [0.1, 0.15) is 11.6 Å².